The van der Waals surface area contributed by atoms with Crippen LogP contribution in [0.25, 0.3) is 0 Å². The molecule has 0 saturated carbocycles. The summed E-state index contributed by atoms with van der Waals surface area (Å²) in [5.41, 5.74) is 3.36. The Bertz CT molecular complexity index is 521. The van der Waals surface area contributed by atoms with Crippen LogP contribution in [0.2, 0.25) is 0 Å². The smallest absolute Gasteiger partial charge is 0.241 e. The predicted molar refractivity (Wildman–Crippen MR) is 96.8 cm³/mol. The number of nitrogens with one attached hydrogen (secondary N) is 2. The van der Waals surface area contributed by atoms with E-state index in [0.717, 1.165) is 31.2 Å². The Morgan fingerprint density at radius 3 is 2.57 bits per heavy atom. The highest BCUT2D eigenvalue weighted by Crippen LogP contribution is 2.22. The fraction of sp³-hybridized carbons (Fsp3) is 0.632. The van der Waals surface area contributed by atoms with Gasteiger partial charge in [0.05, 0.1) is 6.04 Å². The molecule has 1 atom stereocenters. The quantitative estimate of drug-likeness (QED) is 0.848. The van der Waals surface area contributed by atoms with Crippen molar-refractivity contribution >= 4 is 11.6 Å². The molecule has 1 unspecified atom stereocenters. The van der Waals surface area contributed by atoms with Gasteiger partial charge < -0.3 is 10.6 Å². The van der Waals surface area contributed by atoms with Crippen molar-refractivity contribution in [1.29, 1.82) is 0 Å². The third-order valence-electron chi connectivity index (χ3n) is 5.15. The number of hydrogen-bond acceptors (Lipinski definition) is 3. The maximum atomic E-state index is 12.5. The fourth-order valence-electron chi connectivity index (χ4n) is 3.21. The molecule has 23 heavy (non-hydrogen) atoms. The van der Waals surface area contributed by atoms with Crippen molar-refractivity contribution in [1.82, 2.24) is 10.2 Å². The van der Waals surface area contributed by atoms with Crippen molar-refractivity contribution in [3.8, 4) is 0 Å². The predicted octanol–water partition coefficient (Wildman–Crippen LogP) is 2.95. The zero-order chi connectivity index (χ0) is 16.8. The molecule has 1 aromatic rings. The molecule has 1 aromatic carbocycles. The van der Waals surface area contributed by atoms with Crippen LogP contribution >= 0.6 is 0 Å². The van der Waals surface area contributed by atoms with Crippen LogP contribution in [0.4, 0.5) is 5.69 Å². The molecule has 4 nitrogen and oxygen atoms in total. The summed E-state index contributed by atoms with van der Waals surface area (Å²) in [5.74, 6) is 0.899. The number of carbonyl (C=O) groups is 1. The lowest BCUT2D eigenvalue weighted by Crippen LogP contribution is -2.46. The van der Waals surface area contributed by atoms with Crippen molar-refractivity contribution < 1.29 is 4.79 Å². The minimum atomic E-state index is -0.0677. The van der Waals surface area contributed by atoms with Gasteiger partial charge in [0, 0.05) is 5.69 Å². The van der Waals surface area contributed by atoms with Gasteiger partial charge in [-0.1, -0.05) is 6.07 Å². The Hall–Kier alpha value is -1.39. The molecule has 128 valence electrons. The molecule has 1 aliphatic heterocycles. The Labute approximate surface area is 140 Å². The minimum absolute atomic E-state index is 0.0677. The second-order valence-electron chi connectivity index (χ2n) is 6.84. The molecule has 1 heterocycles. The van der Waals surface area contributed by atoms with Crippen LogP contribution in [0.15, 0.2) is 18.2 Å². The number of likely N-dealkylation sites (tertiary alicyclic amines) is 1. The number of rotatable bonds is 6. The summed E-state index contributed by atoms with van der Waals surface area (Å²) in [6.45, 7) is 9.32. The number of aryl methyl sites for hydroxylation is 2. The van der Waals surface area contributed by atoms with Crippen LogP contribution in [0, 0.1) is 19.8 Å². The van der Waals surface area contributed by atoms with E-state index in [-0.39, 0.29) is 11.9 Å². The zero-order valence-electron chi connectivity index (χ0n) is 15.0. The molecule has 1 aliphatic rings. The second kappa shape index (κ2) is 8.46. The number of amides is 1. The average molecular weight is 317 g/mol. The third-order valence-corrected chi connectivity index (χ3v) is 5.15. The maximum absolute atomic E-state index is 12.5. The number of benzene rings is 1. The van der Waals surface area contributed by atoms with Crippen LogP contribution in [-0.2, 0) is 4.79 Å². The van der Waals surface area contributed by atoms with E-state index in [9.17, 15) is 4.79 Å². The highest BCUT2D eigenvalue weighted by molar-refractivity contribution is 5.94. The highest BCUT2D eigenvalue weighted by Gasteiger charge is 2.26. The standard InChI is InChI=1S/C19H31N3O/c1-14-5-6-18(13-15(14)2)21-19(23)16(3)22-11-8-17(9-12-22)7-10-20-4/h5-6,13,16-17,20H,7-12H2,1-4H3,(H,21,23). The summed E-state index contributed by atoms with van der Waals surface area (Å²) in [6.07, 6.45) is 3.64. The SMILES string of the molecule is CNCCC1CCN(C(C)C(=O)Nc2ccc(C)c(C)c2)CC1. The third kappa shape index (κ3) is 5.05. The molecule has 0 aliphatic carbocycles. The molecular weight excluding hydrogens is 286 g/mol. The largest absolute Gasteiger partial charge is 0.325 e. The van der Waals surface area contributed by atoms with E-state index in [4.69, 9.17) is 0 Å². The molecule has 0 spiro atoms. The Kier molecular flexibility index (Phi) is 6.60. The number of carbonyl (C=O) groups excluding carboxylic acids is 1. The lowest BCUT2D eigenvalue weighted by atomic mass is 9.93. The van der Waals surface area contributed by atoms with E-state index in [1.54, 1.807) is 0 Å². The van der Waals surface area contributed by atoms with Gasteiger partial charge >= 0.3 is 0 Å². The molecule has 1 amide bonds. The molecule has 1 fully saturated rings. The summed E-state index contributed by atoms with van der Waals surface area (Å²) in [5, 5.41) is 6.29. The first-order valence-electron chi connectivity index (χ1n) is 8.78. The topological polar surface area (TPSA) is 44.4 Å². The van der Waals surface area contributed by atoms with Gasteiger partial charge in [-0.05, 0) is 95.9 Å². The number of anilines is 1. The lowest BCUT2D eigenvalue weighted by molar-refractivity contribution is -0.121. The number of piperidine rings is 1. The van der Waals surface area contributed by atoms with Gasteiger partial charge in [-0.2, -0.15) is 0 Å². The van der Waals surface area contributed by atoms with E-state index in [0.29, 0.717) is 0 Å². The molecule has 2 rings (SSSR count). The maximum Gasteiger partial charge on any atom is 0.241 e. The normalized spacial score (nSPS) is 17.9. The zero-order valence-corrected chi connectivity index (χ0v) is 15.0. The van der Waals surface area contributed by atoms with Crippen molar-refractivity contribution in [3.05, 3.63) is 29.3 Å². The van der Waals surface area contributed by atoms with Crippen LogP contribution in [0.5, 0.6) is 0 Å². The Morgan fingerprint density at radius 1 is 1.26 bits per heavy atom. The van der Waals surface area contributed by atoms with E-state index in [1.165, 1.54) is 30.4 Å². The summed E-state index contributed by atoms with van der Waals surface area (Å²) >= 11 is 0. The van der Waals surface area contributed by atoms with Crippen LogP contribution in [0.1, 0.15) is 37.3 Å². The van der Waals surface area contributed by atoms with Gasteiger partial charge in [-0.25, -0.2) is 0 Å². The molecule has 0 aromatic heterocycles. The van der Waals surface area contributed by atoms with Gasteiger partial charge in [0.15, 0.2) is 0 Å². The summed E-state index contributed by atoms with van der Waals surface area (Å²) in [6, 6.07) is 6.02. The monoisotopic (exact) mass is 317 g/mol. The molecule has 1 saturated heterocycles. The Balaban J connectivity index is 1.84. The summed E-state index contributed by atoms with van der Waals surface area (Å²) in [7, 11) is 2.01. The van der Waals surface area contributed by atoms with Crippen LogP contribution in [0.3, 0.4) is 0 Å². The second-order valence-corrected chi connectivity index (χ2v) is 6.84. The van der Waals surface area contributed by atoms with Gasteiger partial charge in [0.2, 0.25) is 5.91 Å². The van der Waals surface area contributed by atoms with Crippen molar-refractivity contribution in [2.24, 2.45) is 5.92 Å². The van der Waals surface area contributed by atoms with E-state index >= 15 is 0 Å². The Morgan fingerprint density at radius 2 is 1.96 bits per heavy atom. The van der Waals surface area contributed by atoms with Crippen molar-refractivity contribution in [2.45, 2.75) is 46.1 Å². The van der Waals surface area contributed by atoms with Crippen molar-refractivity contribution in [3.63, 3.8) is 0 Å². The molecular formula is C19H31N3O. The van der Waals surface area contributed by atoms with Crippen LogP contribution < -0.4 is 10.6 Å². The number of nitrogens with zero attached hydrogens (tertiary/aromatic N) is 1. The van der Waals surface area contributed by atoms with E-state index in [2.05, 4.69) is 35.4 Å². The first-order chi connectivity index (χ1) is 11.0. The molecule has 0 radical (unpaired) electrons. The number of hydrogen-bond donors (Lipinski definition) is 2. The molecule has 2 N–H and O–H groups in total. The van der Waals surface area contributed by atoms with Crippen LogP contribution in [-0.4, -0.2) is 43.5 Å². The first kappa shape index (κ1) is 18.0. The molecule has 4 heteroatoms. The average Bonchev–Trinajstić information content (AvgIpc) is 2.56. The lowest BCUT2D eigenvalue weighted by Gasteiger charge is -2.35. The van der Waals surface area contributed by atoms with Gasteiger partial charge in [0.1, 0.15) is 0 Å². The van der Waals surface area contributed by atoms with E-state index < -0.39 is 0 Å². The summed E-state index contributed by atoms with van der Waals surface area (Å²) in [4.78, 5) is 14.8. The van der Waals surface area contributed by atoms with Gasteiger partial charge in [-0.15, -0.1) is 0 Å². The van der Waals surface area contributed by atoms with Gasteiger partial charge in [-0.3, -0.25) is 9.69 Å². The summed E-state index contributed by atoms with van der Waals surface area (Å²) < 4.78 is 0. The first-order valence-corrected chi connectivity index (χ1v) is 8.78. The van der Waals surface area contributed by atoms with Gasteiger partial charge in [0.25, 0.3) is 0 Å². The minimum Gasteiger partial charge on any atom is -0.325 e. The van der Waals surface area contributed by atoms with E-state index in [1.807, 2.05) is 26.1 Å². The fourth-order valence-corrected chi connectivity index (χ4v) is 3.21. The highest BCUT2D eigenvalue weighted by atomic mass is 16.2. The van der Waals surface area contributed by atoms with Crippen molar-refractivity contribution in [2.75, 3.05) is 32.0 Å². The molecule has 0 bridgehead atoms.